The molecule has 0 aliphatic carbocycles. The van der Waals surface area contributed by atoms with Crippen LogP contribution in [0, 0.1) is 0 Å². The molecule has 6 nitrogen and oxygen atoms in total. The molecule has 1 aliphatic heterocycles. The summed E-state index contributed by atoms with van der Waals surface area (Å²) in [4.78, 5) is 24.2. The van der Waals surface area contributed by atoms with E-state index in [1.165, 1.54) is 18.2 Å². The van der Waals surface area contributed by atoms with Gasteiger partial charge in [0.2, 0.25) is 0 Å². The van der Waals surface area contributed by atoms with Crippen LogP contribution in [0.4, 0.5) is 13.2 Å². The third-order valence-corrected chi connectivity index (χ3v) is 4.72. The minimum atomic E-state index is -4.43. The molecule has 0 fully saturated rings. The van der Waals surface area contributed by atoms with Crippen LogP contribution in [0.15, 0.2) is 30.3 Å². The summed E-state index contributed by atoms with van der Waals surface area (Å²) in [5.74, 6) is -1.63. The molecule has 0 saturated heterocycles. The van der Waals surface area contributed by atoms with E-state index in [-0.39, 0.29) is 17.9 Å². The number of fused-ring (bicyclic) bond motifs is 1. The zero-order valence-electron chi connectivity index (χ0n) is 15.0. The zero-order chi connectivity index (χ0) is 20.5. The average molecular weight is 396 g/mol. The number of nitrogens with one attached hydrogen (secondary N) is 1. The largest absolute Gasteiger partial charge is 0.478 e. The summed E-state index contributed by atoms with van der Waals surface area (Å²) < 4.78 is 45.1. The van der Waals surface area contributed by atoms with Crippen LogP contribution < -0.4 is 5.32 Å². The zero-order valence-corrected chi connectivity index (χ0v) is 15.0. The van der Waals surface area contributed by atoms with Crippen LogP contribution in [0.25, 0.3) is 0 Å². The summed E-state index contributed by atoms with van der Waals surface area (Å²) in [6.45, 7) is 2.61. The Bertz CT molecular complexity index is 888. The Balaban J connectivity index is 1.84. The smallest absolute Gasteiger partial charge is 0.416 e. The van der Waals surface area contributed by atoms with Crippen molar-refractivity contribution < 1.29 is 32.6 Å². The van der Waals surface area contributed by atoms with Gasteiger partial charge >= 0.3 is 12.1 Å². The summed E-state index contributed by atoms with van der Waals surface area (Å²) in [6, 6.07) is 5.42. The van der Waals surface area contributed by atoms with E-state index in [9.17, 15) is 27.9 Å². The third-order valence-electron chi connectivity index (χ3n) is 4.72. The number of nitrogens with zero attached hydrogens (tertiary/aromatic N) is 1. The van der Waals surface area contributed by atoms with E-state index in [2.05, 4.69) is 5.32 Å². The van der Waals surface area contributed by atoms with Crippen LogP contribution in [0.5, 0.6) is 0 Å². The molecular weight excluding hydrogens is 377 g/mol. The molecule has 1 unspecified atom stereocenters. The Kier molecular flexibility index (Phi) is 5.46. The van der Waals surface area contributed by atoms with Crippen LogP contribution in [0.1, 0.15) is 57.1 Å². The summed E-state index contributed by atoms with van der Waals surface area (Å²) >= 11 is 0. The van der Waals surface area contributed by atoms with E-state index < -0.39 is 29.7 Å². The summed E-state index contributed by atoms with van der Waals surface area (Å²) in [7, 11) is 0. The molecule has 0 spiro atoms. The molecular formula is C19H19F3N2O4. The van der Waals surface area contributed by atoms with Crippen LogP contribution in [-0.4, -0.2) is 28.2 Å². The number of carbonyl (C=O) groups is 2. The van der Waals surface area contributed by atoms with Gasteiger partial charge < -0.3 is 19.7 Å². The first-order chi connectivity index (χ1) is 13.2. The maximum Gasteiger partial charge on any atom is 0.416 e. The number of halogens is 3. The van der Waals surface area contributed by atoms with E-state index in [1.54, 1.807) is 11.5 Å². The second kappa shape index (κ2) is 7.67. The van der Waals surface area contributed by atoms with Gasteiger partial charge in [-0.2, -0.15) is 13.2 Å². The quantitative estimate of drug-likeness (QED) is 0.809. The molecule has 2 heterocycles. The number of carboxylic acids is 1. The molecule has 0 bridgehead atoms. The highest BCUT2D eigenvalue weighted by Crippen LogP contribution is 2.30. The first-order valence-electron chi connectivity index (χ1n) is 8.73. The number of amides is 1. The molecule has 1 aliphatic rings. The normalized spacial score (nSPS) is 15.0. The Morgan fingerprint density at radius 1 is 1.29 bits per heavy atom. The van der Waals surface area contributed by atoms with Gasteiger partial charge in [0.05, 0.1) is 36.1 Å². The summed E-state index contributed by atoms with van der Waals surface area (Å²) in [5, 5.41) is 12.1. The third kappa shape index (κ3) is 3.89. The molecule has 9 heteroatoms. The standard InChI is InChI=1S/C19H19F3N2O4/c1-2-14(11-3-5-12(6-4-11)19(20,21)22)23-17(25)15-9-13(18(26)27)16-10-28-8-7-24(15)16/h3-6,9,14H,2,7-8,10H2,1H3,(H,23,25)(H,26,27). The lowest BCUT2D eigenvalue weighted by atomic mass is 10.0. The van der Waals surface area contributed by atoms with Gasteiger partial charge in [0.25, 0.3) is 5.91 Å². The van der Waals surface area contributed by atoms with Gasteiger partial charge in [-0.15, -0.1) is 0 Å². The molecule has 2 N–H and O–H groups in total. The fraction of sp³-hybridized carbons (Fsp3) is 0.368. The molecule has 28 heavy (non-hydrogen) atoms. The van der Waals surface area contributed by atoms with Gasteiger partial charge in [-0.1, -0.05) is 19.1 Å². The van der Waals surface area contributed by atoms with Crippen molar-refractivity contribution in [3.8, 4) is 0 Å². The number of aromatic carboxylic acids is 1. The highest BCUT2D eigenvalue weighted by Gasteiger charge is 2.31. The van der Waals surface area contributed by atoms with Gasteiger partial charge in [-0.05, 0) is 30.2 Å². The maximum atomic E-state index is 12.8. The molecule has 0 saturated carbocycles. The lowest BCUT2D eigenvalue weighted by molar-refractivity contribution is -0.137. The molecule has 1 amide bonds. The fourth-order valence-corrected chi connectivity index (χ4v) is 3.26. The van der Waals surface area contributed by atoms with E-state index in [0.29, 0.717) is 30.8 Å². The van der Waals surface area contributed by atoms with E-state index in [4.69, 9.17) is 4.74 Å². The molecule has 3 rings (SSSR count). The predicted molar refractivity (Wildman–Crippen MR) is 93.0 cm³/mol. The van der Waals surface area contributed by atoms with Crippen molar-refractivity contribution in [1.82, 2.24) is 9.88 Å². The van der Waals surface area contributed by atoms with Gasteiger partial charge in [0.1, 0.15) is 5.69 Å². The molecule has 2 aromatic rings. The summed E-state index contributed by atoms with van der Waals surface area (Å²) in [5.41, 5.74) is 0.403. The van der Waals surface area contributed by atoms with Gasteiger partial charge in [-0.25, -0.2) is 4.79 Å². The van der Waals surface area contributed by atoms with Crippen LogP contribution in [0.3, 0.4) is 0 Å². The molecule has 0 radical (unpaired) electrons. The number of rotatable bonds is 5. The Morgan fingerprint density at radius 2 is 1.96 bits per heavy atom. The van der Waals surface area contributed by atoms with Crippen molar-refractivity contribution in [2.75, 3.05) is 6.61 Å². The van der Waals surface area contributed by atoms with Crippen molar-refractivity contribution in [3.05, 3.63) is 58.4 Å². The first-order valence-corrected chi connectivity index (χ1v) is 8.73. The van der Waals surface area contributed by atoms with Gasteiger partial charge in [0.15, 0.2) is 0 Å². The van der Waals surface area contributed by atoms with Crippen molar-refractivity contribution in [2.24, 2.45) is 0 Å². The molecule has 1 aromatic carbocycles. The van der Waals surface area contributed by atoms with Gasteiger partial charge in [-0.3, -0.25) is 4.79 Å². The predicted octanol–water partition coefficient (Wildman–Crippen LogP) is 3.62. The van der Waals surface area contributed by atoms with Crippen molar-refractivity contribution in [3.63, 3.8) is 0 Å². The SMILES string of the molecule is CCC(NC(=O)c1cc(C(=O)O)c2n1CCOC2)c1ccc(C(F)(F)F)cc1. The van der Waals surface area contributed by atoms with E-state index in [0.717, 1.165) is 12.1 Å². The highest BCUT2D eigenvalue weighted by atomic mass is 19.4. The molecule has 1 aromatic heterocycles. The first kappa shape index (κ1) is 19.9. The van der Waals surface area contributed by atoms with E-state index >= 15 is 0 Å². The Hall–Kier alpha value is -2.81. The minimum Gasteiger partial charge on any atom is -0.478 e. The minimum absolute atomic E-state index is 0.00688. The lowest BCUT2D eigenvalue weighted by Gasteiger charge is -2.21. The van der Waals surface area contributed by atoms with Crippen LogP contribution in [0.2, 0.25) is 0 Å². The van der Waals surface area contributed by atoms with Crippen LogP contribution in [-0.2, 0) is 24.1 Å². The van der Waals surface area contributed by atoms with E-state index in [1.807, 2.05) is 0 Å². The Morgan fingerprint density at radius 3 is 2.54 bits per heavy atom. The second-order valence-electron chi connectivity index (χ2n) is 6.45. The fourth-order valence-electron chi connectivity index (χ4n) is 3.26. The lowest BCUT2D eigenvalue weighted by Crippen LogP contribution is -2.31. The number of alkyl halides is 3. The molecule has 150 valence electrons. The average Bonchev–Trinajstić information content (AvgIpc) is 3.05. The van der Waals surface area contributed by atoms with Crippen LogP contribution >= 0.6 is 0 Å². The Labute approximate surface area is 158 Å². The topological polar surface area (TPSA) is 80.6 Å². The number of hydrogen-bond donors (Lipinski definition) is 2. The number of carbonyl (C=O) groups excluding carboxylic acids is 1. The maximum absolute atomic E-state index is 12.8. The number of benzene rings is 1. The van der Waals surface area contributed by atoms with Crippen molar-refractivity contribution in [2.45, 2.75) is 38.7 Å². The monoisotopic (exact) mass is 396 g/mol. The number of ether oxygens (including phenoxy) is 1. The molecule has 1 atom stereocenters. The van der Waals surface area contributed by atoms with Crippen molar-refractivity contribution in [1.29, 1.82) is 0 Å². The number of hydrogen-bond acceptors (Lipinski definition) is 3. The van der Waals surface area contributed by atoms with Gasteiger partial charge in [0, 0.05) is 6.54 Å². The second-order valence-corrected chi connectivity index (χ2v) is 6.45. The highest BCUT2D eigenvalue weighted by molar-refractivity contribution is 5.98. The summed E-state index contributed by atoms with van der Waals surface area (Å²) in [6.07, 6.45) is -3.97. The van der Waals surface area contributed by atoms with Crippen molar-refractivity contribution >= 4 is 11.9 Å². The number of aromatic nitrogens is 1. The number of carboxylic acid groups (broad SMARTS) is 1.